The lowest BCUT2D eigenvalue weighted by molar-refractivity contribution is 0.410. The third-order valence-electron chi connectivity index (χ3n) is 3.40. The number of para-hydroxylation sites is 1. The SMILES string of the molecule is COc1ccc(CN2CNc3c(F)cccc32)c(F)c1. The summed E-state index contributed by atoms with van der Waals surface area (Å²) >= 11 is 0. The topological polar surface area (TPSA) is 24.5 Å². The van der Waals surface area contributed by atoms with E-state index in [-0.39, 0.29) is 11.6 Å². The number of anilines is 2. The smallest absolute Gasteiger partial charge is 0.148 e. The molecule has 104 valence electrons. The van der Waals surface area contributed by atoms with E-state index in [1.54, 1.807) is 18.2 Å². The molecule has 3 rings (SSSR count). The van der Waals surface area contributed by atoms with Crippen molar-refractivity contribution in [1.29, 1.82) is 0 Å². The summed E-state index contributed by atoms with van der Waals surface area (Å²) < 4.78 is 32.5. The minimum absolute atomic E-state index is 0.291. The molecule has 3 nitrogen and oxygen atoms in total. The molecule has 0 atom stereocenters. The molecule has 0 amide bonds. The van der Waals surface area contributed by atoms with Crippen molar-refractivity contribution in [2.24, 2.45) is 0 Å². The highest BCUT2D eigenvalue weighted by Crippen LogP contribution is 2.34. The predicted octanol–water partition coefficient (Wildman–Crippen LogP) is 3.36. The van der Waals surface area contributed by atoms with E-state index in [2.05, 4.69) is 5.32 Å². The van der Waals surface area contributed by atoms with Crippen LogP contribution in [0.3, 0.4) is 0 Å². The van der Waals surface area contributed by atoms with Gasteiger partial charge in [-0.2, -0.15) is 0 Å². The Bertz CT molecular complexity index is 646. The molecule has 1 aliphatic rings. The summed E-state index contributed by atoms with van der Waals surface area (Å²) in [6.07, 6.45) is 0. The first-order valence-electron chi connectivity index (χ1n) is 6.29. The van der Waals surface area contributed by atoms with Crippen molar-refractivity contribution in [3.8, 4) is 5.75 Å². The van der Waals surface area contributed by atoms with Crippen LogP contribution in [0.15, 0.2) is 36.4 Å². The van der Waals surface area contributed by atoms with E-state index < -0.39 is 0 Å². The maximum Gasteiger partial charge on any atom is 0.148 e. The van der Waals surface area contributed by atoms with Crippen LogP contribution in [0.4, 0.5) is 20.2 Å². The van der Waals surface area contributed by atoms with E-state index in [9.17, 15) is 8.78 Å². The Kier molecular flexibility index (Phi) is 3.18. The van der Waals surface area contributed by atoms with E-state index >= 15 is 0 Å². The van der Waals surface area contributed by atoms with Gasteiger partial charge in [-0.3, -0.25) is 0 Å². The predicted molar refractivity (Wildman–Crippen MR) is 74.0 cm³/mol. The Morgan fingerprint density at radius 2 is 2.05 bits per heavy atom. The standard InChI is InChI=1S/C15H14F2N2O/c1-20-11-6-5-10(13(17)7-11)8-19-9-18-15-12(16)3-2-4-14(15)19/h2-7,18H,8-9H2,1H3. The van der Waals surface area contributed by atoms with Crippen LogP contribution in [0.5, 0.6) is 5.75 Å². The first kappa shape index (κ1) is 12.7. The molecule has 0 unspecified atom stereocenters. The third kappa shape index (κ3) is 2.15. The molecule has 5 heteroatoms. The molecule has 1 aliphatic heterocycles. The van der Waals surface area contributed by atoms with Crippen molar-refractivity contribution in [2.75, 3.05) is 24.0 Å². The number of nitrogens with zero attached hydrogens (tertiary/aromatic N) is 1. The van der Waals surface area contributed by atoms with Crippen LogP contribution >= 0.6 is 0 Å². The zero-order valence-corrected chi connectivity index (χ0v) is 11.0. The molecular formula is C15H14F2N2O. The van der Waals surface area contributed by atoms with Gasteiger partial charge in [0, 0.05) is 18.2 Å². The molecule has 1 N–H and O–H groups in total. The van der Waals surface area contributed by atoms with Crippen LogP contribution in [0, 0.1) is 11.6 Å². The van der Waals surface area contributed by atoms with E-state index in [1.807, 2.05) is 11.0 Å². The normalized spacial score (nSPS) is 13.1. The van der Waals surface area contributed by atoms with Crippen molar-refractivity contribution in [3.63, 3.8) is 0 Å². The zero-order valence-electron chi connectivity index (χ0n) is 11.0. The molecule has 0 saturated carbocycles. The second-order valence-corrected chi connectivity index (χ2v) is 4.62. The van der Waals surface area contributed by atoms with Gasteiger partial charge in [0.05, 0.1) is 25.2 Å². The third-order valence-corrected chi connectivity index (χ3v) is 3.40. The molecule has 2 aromatic carbocycles. The first-order valence-corrected chi connectivity index (χ1v) is 6.29. The lowest BCUT2D eigenvalue weighted by Crippen LogP contribution is -2.22. The molecular weight excluding hydrogens is 262 g/mol. The largest absolute Gasteiger partial charge is 0.497 e. The van der Waals surface area contributed by atoms with E-state index in [0.29, 0.717) is 30.2 Å². The average Bonchev–Trinajstić information content (AvgIpc) is 2.86. The fourth-order valence-electron chi connectivity index (χ4n) is 2.34. The maximum atomic E-state index is 13.9. The fraction of sp³-hybridized carbons (Fsp3) is 0.200. The Hall–Kier alpha value is -2.30. The monoisotopic (exact) mass is 276 g/mol. The molecule has 2 aromatic rings. The molecule has 20 heavy (non-hydrogen) atoms. The van der Waals surface area contributed by atoms with Crippen molar-refractivity contribution in [1.82, 2.24) is 0 Å². The van der Waals surface area contributed by atoms with Crippen molar-refractivity contribution >= 4 is 11.4 Å². The molecule has 0 aromatic heterocycles. The van der Waals surface area contributed by atoms with Gasteiger partial charge in [-0.05, 0) is 18.2 Å². The quantitative estimate of drug-likeness (QED) is 0.930. The number of rotatable bonds is 3. The number of methoxy groups -OCH3 is 1. The highest BCUT2D eigenvalue weighted by Gasteiger charge is 2.22. The summed E-state index contributed by atoms with van der Waals surface area (Å²) in [5.41, 5.74) is 1.77. The summed E-state index contributed by atoms with van der Waals surface area (Å²) in [6.45, 7) is 0.834. The number of hydrogen-bond acceptors (Lipinski definition) is 3. The van der Waals surface area contributed by atoms with E-state index in [1.165, 1.54) is 19.2 Å². The number of fused-ring (bicyclic) bond motifs is 1. The first-order chi connectivity index (χ1) is 9.69. The van der Waals surface area contributed by atoms with Crippen molar-refractivity contribution in [3.05, 3.63) is 53.6 Å². The van der Waals surface area contributed by atoms with Crippen LogP contribution in [0.2, 0.25) is 0 Å². The minimum atomic E-state index is -0.325. The van der Waals surface area contributed by atoms with Gasteiger partial charge in [0.2, 0.25) is 0 Å². The van der Waals surface area contributed by atoms with Gasteiger partial charge in [0.15, 0.2) is 0 Å². The molecule has 0 aliphatic carbocycles. The zero-order chi connectivity index (χ0) is 14.1. The summed E-state index contributed by atoms with van der Waals surface area (Å²) in [4.78, 5) is 1.89. The molecule has 0 saturated heterocycles. The van der Waals surface area contributed by atoms with Crippen LogP contribution < -0.4 is 15.0 Å². The number of ether oxygens (including phenoxy) is 1. The second-order valence-electron chi connectivity index (χ2n) is 4.62. The summed E-state index contributed by atoms with van der Waals surface area (Å²) in [5, 5.41) is 2.98. The van der Waals surface area contributed by atoms with E-state index in [0.717, 1.165) is 5.69 Å². The Balaban J connectivity index is 1.86. The molecule has 0 spiro atoms. The van der Waals surface area contributed by atoms with Gasteiger partial charge < -0.3 is 15.0 Å². The van der Waals surface area contributed by atoms with Crippen molar-refractivity contribution < 1.29 is 13.5 Å². The Labute approximate surface area is 115 Å². The van der Waals surface area contributed by atoms with Gasteiger partial charge in [-0.15, -0.1) is 0 Å². The van der Waals surface area contributed by atoms with Crippen molar-refractivity contribution in [2.45, 2.75) is 6.54 Å². The van der Waals surface area contributed by atoms with Gasteiger partial charge in [0.25, 0.3) is 0 Å². The fourth-order valence-corrected chi connectivity index (χ4v) is 2.34. The number of benzene rings is 2. The number of halogens is 2. The maximum absolute atomic E-state index is 13.9. The summed E-state index contributed by atoms with van der Waals surface area (Å²) in [7, 11) is 1.50. The lowest BCUT2D eigenvalue weighted by atomic mass is 10.1. The van der Waals surface area contributed by atoms with Gasteiger partial charge >= 0.3 is 0 Å². The van der Waals surface area contributed by atoms with Gasteiger partial charge in [-0.25, -0.2) is 8.78 Å². The van der Waals surface area contributed by atoms with Crippen LogP contribution in [0.1, 0.15) is 5.56 Å². The van der Waals surface area contributed by atoms with E-state index in [4.69, 9.17) is 4.74 Å². The summed E-state index contributed by atoms with van der Waals surface area (Å²) in [6, 6.07) is 9.63. The highest BCUT2D eigenvalue weighted by molar-refractivity contribution is 5.75. The number of hydrogen-bond donors (Lipinski definition) is 1. The van der Waals surface area contributed by atoms with Crippen LogP contribution in [-0.2, 0) is 6.54 Å². The van der Waals surface area contributed by atoms with Gasteiger partial charge in [-0.1, -0.05) is 12.1 Å². The van der Waals surface area contributed by atoms with Crippen LogP contribution in [-0.4, -0.2) is 13.8 Å². The molecule has 0 bridgehead atoms. The number of nitrogens with one attached hydrogen (secondary N) is 1. The Morgan fingerprint density at radius 1 is 1.20 bits per heavy atom. The molecule has 1 heterocycles. The lowest BCUT2D eigenvalue weighted by Gasteiger charge is -2.18. The Morgan fingerprint density at radius 3 is 2.80 bits per heavy atom. The molecule has 0 fully saturated rings. The summed E-state index contributed by atoms with van der Waals surface area (Å²) in [5.74, 6) is -0.133. The van der Waals surface area contributed by atoms with Crippen LogP contribution in [0.25, 0.3) is 0 Å². The second kappa shape index (κ2) is 5.00. The minimum Gasteiger partial charge on any atom is -0.497 e. The van der Waals surface area contributed by atoms with Gasteiger partial charge in [0.1, 0.15) is 17.4 Å². The highest BCUT2D eigenvalue weighted by atomic mass is 19.1. The molecule has 0 radical (unpaired) electrons. The average molecular weight is 276 g/mol.